The maximum absolute atomic E-state index is 10.9. The number of para-hydroxylation sites is 2. The van der Waals surface area contributed by atoms with E-state index >= 15 is 0 Å². The van der Waals surface area contributed by atoms with Crippen molar-refractivity contribution in [1.82, 2.24) is 9.97 Å². The topological polar surface area (TPSA) is 69.2 Å². The Hall–Kier alpha value is -1.69. The molecule has 5 nitrogen and oxygen atoms in total. The van der Waals surface area contributed by atoms with Crippen molar-refractivity contribution in [3.8, 4) is 0 Å². The van der Waals surface area contributed by atoms with Crippen LogP contribution in [-0.2, 0) is 0 Å². The molecule has 0 unspecified atom stereocenters. The smallest absolute Gasteiger partial charge is 0.424 e. The van der Waals surface area contributed by atoms with Gasteiger partial charge in [0.15, 0.2) is 0 Å². The first-order valence-corrected chi connectivity index (χ1v) is 5.42. The first-order chi connectivity index (χ1) is 7.22. The molecule has 0 fully saturated rings. The molecule has 2 N–H and O–H groups in total. The maximum atomic E-state index is 10.9. The molecule has 0 saturated carbocycles. The van der Waals surface area contributed by atoms with Gasteiger partial charge in [0, 0.05) is 6.26 Å². The number of aromatic nitrogens is 2. The zero-order valence-electron chi connectivity index (χ0n) is 7.97. The van der Waals surface area contributed by atoms with Crippen LogP contribution in [0.25, 0.3) is 11.0 Å². The molecule has 0 aliphatic carbocycles. The fourth-order valence-electron chi connectivity index (χ4n) is 1.29. The second kappa shape index (κ2) is 3.82. The largest absolute Gasteiger partial charge is 0.464 e. The number of rotatable bonds is 2. The van der Waals surface area contributed by atoms with Crippen molar-refractivity contribution in [2.45, 2.75) is 0 Å². The molecular formula is C9H9N3O2S. The lowest BCUT2D eigenvalue weighted by atomic mass is 10.3. The third-order valence-corrected chi connectivity index (χ3v) is 2.62. The number of benzene rings is 1. The standard InChI is InChI=1S/C9H9N3O2S/c1-15-12(9(13)14)8-10-6-4-2-3-5-7(6)11-8/h2-5H,1H3,(H,10,11)(H,13,14). The zero-order chi connectivity index (χ0) is 10.8. The Bertz CT molecular complexity index is 464. The number of anilines is 1. The molecule has 2 aromatic rings. The summed E-state index contributed by atoms with van der Waals surface area (Å²) in [5.41, 5.74) is 1.58. The summed E-state index contributed by atoms with van der Waals surface area (Å²) in [6.45, 7) is 0. The minimum absolute atomic E-state index is 0.330. The highest BCUT2D eigenvalue weighted by Crippen LogP contribution is 2.21. The molecule has 0 aliphatic rings. The Kier molecular flexibility index (Phi) is 2.51. The predicted molar refractivity (Wildman–Crippen MR) is 60.1 cm³/mol. The van der Waals surface area contributed by atoms with Gasteiger partial charge in [0.1, 0.15) is 0 Å². The van der Waals surface area contributed by atoms with E-state index in [0.29, 0.717) is 5.95 Å². The lowest BCUT2D eigenvalue weighted by molar-refractivity contribution is 0.206. The second-order valence-corrected chi connectivity index (χ2v) is 3.57. The van der Waals surface area contributed by atoms with Crippen molar-refractivity contribution in [2.24, 2.45) is 0 Å². The van der Waals surface area contributed by atoms with Crippen LogP contribution in [0.15, 0.2) is 24.3 Å². The van der Waals surface area contributed by atoms with Gasteiger partial charge in [-0.3, -0.25) is 0 Å². The monoisotopic (exact) mass is 223 g/mol. The molecule has 6 heteroatoms. The Balaban J connectivity index is 2.47. The number of hydrogen-bond acceptors (Lipinski definition) is 3. The van der Waals surface area contributed by atoms with Crippen LogP contribution in [0.1, 0.15) is 0 Å². The predicted octanol–water partition coefficient (Wildman–Crippen LogP) is 2.33. The van der Waals surface area contributed by atoms with Crippen molar-refractivity contribution in [3.63, 3.8) is 0 Å². The Labute approximate surface area is 90.2 Å². The molecule has 1 aromatic carbocycles. The van der Waals surface area contributed by atoms with E-state index in [-0.39, 0.29) is 0 Å². The molecule has 15 heavy (non-hydrogen) atoms. The fourth-order valence-corrected chi connectivity index (χ4v) is 1.71. The molecule has 0 bridgehead atoms. The van der Waals surface area contributed by atoms with E-state index in [4.69, 9.17) is 5.11 Å². The van der Waals surface area contributed by atoms with Crippen molar-refractivity contribution in [3.05, 3.63) is 24.3 Å². The third-order valence-electron chi connectivity index (χ3n) is 1.93. The van der Waals surface area contributed by atoms with Gasteiger partial charge in [-0.05, 0) is 24.1 Å². The quantitative estimate of drug-likeness (QED) is 0.766. The van der Waals surface area contributed by atoms with Gasteiger partial charge in [0.2, 0.25) is 5.95 Å². The number of nitrogens with zero attached hydrogens (tertiary/aromatic N) is 2. The molecule has 1 heterocycles. The molecular weight excluding hydrogens is 214 g/mol. The summed E-state index contributed by atoms with van der Waals surface area (Å²) < 4.78 is 1.08. The van der Waals surface area contributed by atoms with Crippen LogP contribution < -0.4 is 4.31 Å². The number of nitrogens with one attached hydrogen (secondary N) is 1. The van der Waals surface area contributed by atoms with E-state index in [1.54, 1.807) is 6.26 Å². The van der Waals surface area contributed by atoms with Crippen LogP contribution in [0.5, 0.6) is 0 Å². The molecule has 1 aromatic heterocycles. The van der Waals surface area contributed by atoms with Crippen molar-refractivity contribution in [2.75, 3.05) is 10.6 Å². The number of H-pyrrole nitrogens is 1. The van der Waals surface area contributed by atoms with E-state index < -0.39 is 6.09 Å². The molecule has 2 rings (SSSR count). The third kappa shape index (κ3) is 1.75. The molecule has 0 saturated heterocycles. The van der Waals surface area contributed by atoms with Crippen LogP contribution in [0.4, 0.5) is 10.7 Å². The number of fused-ring (bicyclic) bond motifs is 1. The summed E-state index contributed by atoms with van der Waals surface area (Å²) in [7, 11) is 0. The van der Waals surface area contributed by atoms with Gasteiger partial charge < -0.3 is 10.1 Å². The minimum Gasteiger partial charge on any atom is -0.464 e. The van der Waals surface area contributed by atoms with Gasteiger partial charge in [-0.2, -0.15) is 4.31 Å². The van der Waals surface area contributed by atoms with Gasteiger partial charge in [-0.1, -0.05) is 12.1 Å². The Morgan fingerprint density at radius 3 is 2.87 bits per heavy atom. The molecule has 78 valence electrons. The first-order valence-electron chi connectivity index (χ1n) is 4.24. The highest BCUT2D eigenvalue weighted by Gasteiger charge is 2.16. The molecule has 1 amide bonds. The molecule has 0 aliphatic heterocycles. The molecule has 0 radical (unpaired) electrons. The van der Waals surface area contributed by atoms with E-state index in [0.717, 1.165) is 27.3 Å². The highest BCUT2D eigenvalue weighted by molar-refractivity contribution is 8.00. The normalized spacial score (nSPS) is 10.5. The summed E-state index contributed by atoms with van der Waals surface area (Å²) in [5, 5.41) is 8.90. The number of imidazole rings is 1. The van der Waals surface area contributed by atoms with Crippen molar-refractivity contribution < 1.29 is 9.90 Å². The van der Waals surface area contributed by atoms with Crippen LogP contribution in [0.2, 0.25) is 0 Å². The van der Waals surface area contributed by atoms with Crippen LogP contribution in [0.3, 0.4) is 0 Å². The summed E-state index contributed by atoms with van der Waals surface area (Å²) in [4.78, 5) is 18.0. The van der Waals surface area contributed by atoms with Crippen LogP contribution in [-0.4, -0.2) is 27.4 Å². The lowest BCUT2D eigenvalue weighted by Crippen LogP contribution is -2.21. The minimum atomic E-state index is -1.04. The van der Waals surface area contributed by atoms with Crippen LogP contribution in [0, 0.1) is 0 Å². The van der Waals surface area contributed by atoms with E-state index in [2.05, 4.69) is 9.97 Å². The number of hydrogen-bond donors (Lipinski definition) is 2. The second-order valence-electron chi connectivity index (χ2n) is 2.84. The zero-order valence-corrected chi connectivity index (χ0v) is 8.78. The molecule has 0 spiro atoms. The van der Waals surface area contributed by atoms with Gasteiger partial charge in [-0.15, -0.1) is 0 Å². The van der Waals surface area contributed by atoms with Crippen LogP contribution >= 0.6 is 11.9 Å². The number of carboxylic acid groups (broad SMARTS) is 1. The van der Waals surface area contributed by atoms with Crippen molar-refractivity contribution in [1.29, 1.82) is 0 Å². The summed E-state index contributed by atoms with van der Waals surface area (Å²) in [6.07, 6.45) is 0.642. The average molecular weight is 223 g/mol. The summed E-state index contributed by atoms with van der Waals surface area (Å²) >= 11 is 1.09. The lowest BCUT2D eigenvalue weighted by Gasteiger charge is -2.10. The highest BCUT2D eigenvalue weighted by atomic mass is 32.2. The summed E-state index contributed by atoms with van der Waals surface area (Å²) in [6, 6.07) is 7.41. The van der Waals surface area contributed by atoms with E-state index in [1.165, 1.54) is 0 Å². The first kappa shape index (κ1) is 9.85. The van der Waals surface area contributed by atoms with Gasteiger partial charge in [-0.25, -0.2) is 9.78 Å². The van der Waals surface area contributed by atoms with Gasteiger partial charge >= 0.3 is 6.09 Å². The Morgan fingerprint density at radius 2 is 2.27 bits per heavy atom. The Morgan fingerprint density at radius 1 is 1.53 bits per heavy atom. The van der Waals surface area contributed by atoms with Gasteiger partial charge in [0.05, 0.1) is 11.0 Å². The maximum Gasteiger partial charge on any atom is 0.424 e. The summed E-state index contributed by atoms with van der Waals surface area (Å²) in [5.74, 6) is 0.330. The van der Waals surface area contributed by atoms with Gasteiger partial charge in [0.25, 0.3) is 0 Å². The number of carbonyl (C=O) groups is 1. The number of aromatic amines is 1. The number of amides is 1. The average Bonchev–Trinajstić information content (AvgIpc) is 2.61. The van der Waals surface area contributed by atoms with E-state index in [9.17, 15) is 4.79 Å². The fraction of sp³-hybridized carbons (Fsp3) is 0.111. The van der Waals surface area contributed by atoms with E-state index in [1.807, 2.05) is 24.3 Å². The SMILES string of the molecule is CSN(C(=O)O)c1nc2ccccc2[nH]1. The molecule has 0 atom stereocenters. The van der Waals surface area contributed by atoms with Crippen molar-refractivity contribution >= 4 is 35.0 Å².